The predicted octanol–water partition coefficient (Wildman–Crippen LogP) is 2.29. The van der Waals surface area contributed by atoms with E-state index >= 15 is 0 Å². The quantitative estimate of drug-likeness (QED) is 0.808. The van der Waals surface area contributed by atoms with Crippen molar-refractivity contribution >= 4 is 11.8 Å². The summed E-state index contributed by atoms with van der Waals surface area (Å²) in [4.78, 5) is 29.8. The monoisotopic (exact) mass is 411 g/mol. The molecule has 1 aliphatic carbocycles. The lowest BCUT2D eigenvalue weighted by molar-refractivity contribution is -0.135. The van der Waals surface area contributed by atoms with E-state index in [1.807, 2.05) is 35.2 Å². The third-order valence-corrected chi connectivity index (χ3v) is 7.92. The molecule has 0 radical (unpaired) electrons. The van der Waals surface area contributed by atoms with Crippen molar-refractivity contribution in [3.63, 3.8) is 0 Å². The van der Waals surface area contributed by atoms with E-state index in [-0.39, 0.29) is 29.9 Å². The summed E-state index contributed by atoms with van der Waals surface area (Å²) in [6.45, 7) is 4.59. The van der Waals surface area contributed by atoms with Gasteiger partial charge in [-0.05, 0) is 43.7 Å². The van der Waals surface area contributed by atoms with Crippen LogP contribution in [0.15, 0.2) is 30.3 Å². The molecule has 1 aromatic carbocycles. The minimum atomic E-state index is -0.122. The van der Waals surface area contributed by atoms with Gasteiger partial charge in [-0.15, -0.1) is 0 Å². The lowest BCUT2D eigenvalue weighted by Crippen LogP contribution is -2.56. The van der Waals surface area contributed by atoms with E-state index in [0.717, 1.165) is 44.1 Å². The topological polar surface area (TPSA) is 61.9 Å². The van der Waals surface area contributed by atoms with Crippen molar-refractivity contribution in [1.29, 1.82) is 0 Å². The van der Waals surface area contributed by atoms with E-state index in [9.17, 15) is 9.59 Å². The Morgan fingerprint density at radius 1 is 1.10 bits per heavy atom. The first-order valence-corrected chi connectivity index (χ1v) is 11.6. The van der Waals surface area contributed by atoms with Gasteiger partial charge in [-0.3, -0.25) is 9.59 Å². The van der Waals surface area contributed by atoms with Crippen LogP contribution in [0.3, 0.4) is 0 Å². The summed E-state index contributed by atoms with van der Waals surface area (Å²) in [6, 6.07) is 9.47. The van der Waals surface area contributed by atoms with E-state index in [4.69, 9.17) is 4.74 Å². The van der Waals surface area contributed by atoms with Gasteiger partial charge in [0.2, 0.25) is 5.91 Å². The Morgan fingerprint density at radius 3 is 2.57 bits per heavy atom. The predicted molar refractivity (Wildman–Crippen MR) is 114 cm³/mol. The maximum absolute atomic E-state index is 12.7. The summed E-state index contributed by atoms with van der Waals surface area (Å²) in [6.07, 6.45) is 7.15. The number of ether oxygens (including phenoxy) is 1. The van der Waals surface area contributed by atoms with Crippen LogP contribution in [0.1, 0.15) is 38.5 Å². The minimum absolute atomic E-state index is 0.0314. The van der Waals surface area contributed by atoms with Crippen LogP contribution in [0.25, 0.3) is 0 Å². The fourth-order valence-electron chi connectivity index (χ4n) is 6.25. The van der Waals surface area contributed by atoms with Gasteiger partial charge in [0, 0.05) is 44.2 Å². The van der Waals surface area contributed by atoms with Gasteiger partial charge in [-0.1, -0.05) is 31.0 Å². The Balaban J connectivity index is 1.16. The number of nitrogens with zero attached hydrogens (tertiary/aromatic N) is 2. The Morgan fingerprint density at radius 2 is 1.83 bits per heavy atom. The highest BCUT2D eigenvalue weighted by Gasteiger charge is 2.57. The molecule has 4 fully saturated rings. The summed E-state index contributed by atoms with van der Waals surface area (Å²) in [5.41, 5.74) is -0.122. The van der Waals surface area contributed by atoms with E-state index in [1.54, 1.807) is 0 Å². The molecule has 2 amide bonds. The number of hydrogen-bond acceptors (Lipinski definition) is 4. The molecule has 4 aliphatic rings. The second-order valence-corrected chi connectivity index (χ2v) is 9.71. The molecule has 2 atom stereocenters. The normalized spacial score (nSPS) is 28.7. The molecule has 3 heterocycles. The number of benzene rings is 1. The Labute approximate surface area is 178 Å². The zero-order chi connectivity index (χ0) is 20.6. The maximum Gasteiger partial charge on any atom is 0.260 e. The highest BCUT2D eigenvalue weighted by molar-refractivity contribution is 5.84. The SMILES string of the molecule is O=C1NC2(CCN(C(=O)COc3ccccc3)CC2)[C@H]2CN(CC3CCCC3)C[C@@H]12. The van der Waals surface area contributed by atoms with Gasteiger partial charge in [-0.2, -0.15) is 0 Å². The maximum atomic E-state index is 12.7. The molecule has 30 heavy (non-hydrogen) atoms. The average Bonchev–Trinajstić information content (AvgIpc) is 3.48. The second kappa shape index (κ2) is 8.22. The van der Waals surface area contributed by atoms with Gasteiger partial charge in [-0.25, -0.2) is 0 Å². The lowest BCUT2D eigenvalue weighted by Gasteiger charge is -2.42. The van der Waals surface area contributed by atoms with Gasteiger partial charge in [0.25, 0.3) is 5.91 Å². The molecule has 3 saturated heterocycles. The van der Waals surface area contributed by atoms with Crippen LogP contribution in [-0.4, -0.2) is 66.5 Å². The summed E-state index contributed by atoms with van der Waals surface area (Å²) in [7, 11) is 0. The van der Waals surface area contributed by atoms with Crippen LogP contribution in [0.5, 0.6) is 5.75 Å². The van der Waals surface area contributed by atoms with E-state index in [1.165, 1.54) is 25.7 Å². The van der Waals surface area contributed by atoms with Gasteiger partial charge < -0.3 is 19.9 Å². The van der Waals surface area contributed by atoms with Crippen molar-refractivity contribution in [3.8, 4) is 5.75 Å². The average molecular weight is 412 g/mol. The van der Waals surface area contributed by atoms with E-state index in [0.29, 0.717) is 19.0 Å². The summed E-state index contributed by atoms with van der Waals surface area (Å²) in [5.74, 6) is 2.34. The van der Waals surface area contributed by atoms with Crippen LogP contribution in [0.2, 0.25) is 0 Å². The van der Waals surface area contributed by atoms with Gasteiger partial charge in [0.1, 0.15) is 5.75 Å². The Bertz CT molecular complexity index is 769. The third kappa shape index (κ3) is 3.82. The van der Waals surface area contributed by atoms with Gasteiger partial charge in [0.15, 0.2) is 6.61 Å². The Hall–Kier alpha value is -2.08. The minimum Gasteiger partial charge on any atom is -0.484 e. The first kappa shape index (κ1) is 19.9. The van der Waals surface area contributed by atoms with Crippen LogP contribution in [0, 0.1) is 17.8 Å². The van der Waals surface area contributed by atoms with E-state index in [2.05, 4.69) is 10.2 Å². The molecule has 0 unspecified atom stereocenters. The zero-order valence-corrected chi connectivity index (χ0v) is 17.7. The van der Waals surface area contributed by atoms with Crippen molar-refractivity contribution in [2.75, 3.05) is 39.3 Å². The number of carbonyl (C=O) groups is 2. The molecule has 1 N–H and O–H groups in total. The summed E-state index contributed by atoms with van der Waals surface area (Å²) >= 11 is 0. The molecule has 0 bridgehead atoms. The van der Waals surface area contributed by atoms with Crippen LogP contribution in [-0.2, 0) is 9.59 Å². The van der Waals surface area contributed by atoms with Crippen molar-refractivity contribution in [1.82, 2.24) is 15.1 Å². The number of amides is 2. The molecule has 1 saturated carbocycles. The van der Waals surface area contributed by atoms with Crippen molar-refractivity contribution in [2.24, 2.45) is 17.8 Å². The van der Waals surface area contributed by atoms with Crippen molar-refractivity contribution in [3.05, 3.63) is 30.3 Å². The molecule has 6 nitrogen and oxygen atoms in total. The number of likely N-dealkylation sites (tertiary alicyclic amines) is 2. The fourth-order valence-corrected chi connectivity index (χ4v) is 6.25. The van der Waals surface area contributed by atoms with Crippen LogP contribution >= 0.6 is 0 Å². The van der Waals surface area contributed by atoms with Crippen LogP contribution in [0.4, 0.5) is 0 Å². The molecule has 6 heteroatoms. The van der Waals surface area contributed by atoms with Crippen molar-refractivity contribution < 1.29 is 14.3 Å². The van der Waals surface area contributed by atoms with Crippen LogP contribution < -0.4 is 10.1 Å². The largest absolute Gasteiger partial charge is 0.484 e. The standard InChI is InChI=1S/C24H33N3O3/c28-22(17-30-19-8-2-1-3-9-19)27-12-10-24(11-13-27)21-16-26(14-18-6-4-5-7-18)15-20(21)23(29)25-24/h1-3,8-9,18,20-21H,4-7,10-17H2,(H,25,29)/t20-,21+/m1/s1. The van der Waals surface area contributed by atoms with E-state index < -0.39 is 0 Å². The molecule has 162 valence electrons. The number of nitrogens with one attached hydrogen (secondary N) is 1. The van der Waals surface area contributed by atoms with Gasteiger partial charge in [0.05, 0.1) is 5.92 Å². The Kier molecular flexibility index (Phi) is 5.44. The highest BCUT2D eigenvalue weighted by atomic mass is 16.5. The smallest absolute Gasteiger partial charge is 0.260 e. The molecular formula is C24H33N3O3. The third-order valence-electron chi connectivity index (χ3n) is 7.92. The number of rotatable bonds is 5. The van der Waals surface area contributed by atoms with Crippen molar-refractivity contribution in [2.45, 2.75) is 44.1 Å². The van der Waals surface area contributed by atoms with Gasteiger partial charge >= 0.3 is 0 Å². The number of hydrogen-bond donors (Lipinski definition) is 1. The second-order valence-electron chi connectivity index (χ2n) is 9.71. The molecule has 0 aromatic heterocycles. The number of carbonyl (C=O) groups excluding carboxylic acids is 2. The summed E-state index contributed by atoms with van der Waals surface area (Å²) < 4.78 is 5.63. The number of piperidine rings is 1. The highest BCUT2D eigenvalue weighted by Crippen LogP contribution is 2.44. The molecule has 5 rings (SSSR count). The lowest BCUT2D eigenvalue weighted by atomic mass is 9.75. The fraction of sp³-hybridized carbons (Fsp3) is 0.667. The number of para-hydroxylation sites is 1. The number of fused-ring (bicyclic) bond motifs is 2. The molecular weight excluding hydrogens is 378 g/mol. The zero-order valence-electron chi connectivity index (χ0n) is 17.7. The molecule has 1 spiro atoms. The summed E-state index contributed by atoms with van der Waals surface area (Å²) in [5, 5.41) is 3.37. The first-order valence-electron chi connectivity index (χ1n) is 11.6. The first-order chi connectivity index (χ1) is 14.6. The molecule has 3 aliphatic heterocycles. The molecule has 1 aromatic rings.